The first kappa shape index (κ1) is 24.2. The lowest BCUT2D eigenvalue weighted by atomic mass is 10.0. The second-order valence-corrected chi connectivity index (χ2v) is 7.24. The first-order chi connectivity index (χ1) is 12.9. The molecule has 2 rings (SSSR count). The molecule has 0 saturated heterocycles. The zero-order valence-electron chi connectivity index (χ0n) is 14.9. The molecule has 0 fully saturated rings. The lowest BCUT2D eigenvalue weighted by Gasteiger charge is -2.22. The van der Waals surface area contributed by atoms with E-state index in [0.29, 0.717) is 27.0 Å². The highest BCUT2D eigenvalue weighted by Crippen LogP contribution is 2.38. The van der Waals surface area contributed by atoms with Crippen LogP contribution in [0, 0.1) is 5.41 Å². The van der Waals surface area contributed by atoms with Crippen LogP contribution >= 0.6 is 44.3 Å². The normalized spacial score (nSPS) is 11.1. The number of carbonyl (C=O) groups is 1. The number of carbonyl (C=O) groups excluding carboxylic acids is 1. The Bertz CT molecular complexity index is 834. The van der Waals surface area contributed by atoms with E-state index in [4.69, 9.17) is 25.7 Å². The number of benzene rings is 2. The van der Waals surface area contributed by atoms with Crippen molar-refractivity contribution in [2.75, 3.05) is 25.6 Å². The molecule has 0 aliphatic carbocycles. The van der Waals surface area contributed by atoms with Crippen molar-refractivity contribution in [1.82, 2.24) is 0 Å². The smallest absolute Gasteiger partial charge is 0.333 e. The van der Waals surface area contributed by atoms with Gasteiger partial charge in [-0.05, 0) is 52.3 Å². The van der Waals surface area contributed by atoms with Gasteiger partial charge >= 0.3 is 5.97 Å². The van der Waals surface area contributed by atoms with Crippen molar-refractivity contribution in [3.05, 3.63) is 56.5 Å². The standard InChI is InChI=1S/C18H19Br2N3O4.ClH/c1-26-18(25)15(23-12-4-2-10(3-5-12)17(21)22)13-8-11(19)9-14(20)16(13)27-7-6-24;/h2-5,8-9,15,23-24H,6-7H2,1H3,(H3,21,22);1H. The Labute approximate surface area is 185 Å². The summed E-state index contributed by atoms with van der Waals surface area (Å²) in [5.74, 6) is -0.123. The summed E-state index contributed by atoms with van der Waals surface area (Å²) in [6.07, 6.45) is 0. The van der Waals surface area contributed by atoms with Gasteiger partial charge in [0.1, 0.15) is 18.2 Å². The maximum atomic E-state index is 12.5. The largest absolute Gasteiger partial charge is 0.490 e. The predicted octanol–water partition coefficient (Wildman–Crippen LogP) is 3.61. The van der Waals surface area contributed by atoms with Crippen molar-refractivity contribution in [2.24, 2.45) is 5.73 Å². The number of halogens is 3. The van der Waals surface area contributed by atoms with Gasteiger partial charge in [0.05, 0.1) is 18.2 Å². The minimum Gasteiger partial charge on any atom is -0.490 e. The molecule has 7 nitrogen and oxygen atoms in total. The molecule has 0 aliphatic rings. The Morgan fingerprint density at radius 2 is 1.93 bits per heavy atom. The molecule has 5 N–H and O–H groups in total. The van der Waals surface area contributed by atoms with E-state index in [1.165, 1.54) is 7.11 Å². The van der Waals surface area contributed by atoms with Gasteiger partial charge in [-0.25, -0.2) is 4.79 Å². The Hall–Kier alpha value is -1.81. The average molecular weight is 538 g/mol. The Morgan fingerprint density at radius 1 is 1.29 bits per heavy atom. The van der Waals surface area contributed by atoms with Crippen LogP contribution in [0.15, 0.2) is 45.3 Å². The van der Waals surface area contributed by atoms with Gasteiger partial charge in [0, 0.05) is 21.3 Å². The molecule has 0 saturated carbocycles. The third kappa shape index (κ3) is 6.10. The number of amidine groups is 1. The van der Waals surface area contributed by atoms with E-state index in [1.807, 2.05) is 0 Å². The molecule has 0 radical (unpaired) electrons. The zero-order chi connectivity index (χ0) is 20.0. The number of rotatable bonds is 8. The van der Waals surface area contributed by atoms with Gasteiger partial charge in [0.15, 0.2) is 6.04 Å². The van der Waals surface area contributed by atoms with Gasteiger partial charge < -0.3 is 25.6 Å². The molecular weight excluding hydrogens is 517 g/mol. The van der Waals surface area contributed by atoms with Gasteiger partial charge in [0.2, 0.25) is 0 Å². The number of nitrogens with two attached hydrogens (primary N) is 1. The van der Waals surface area contributed by atoms with Crippen LogP contribution in [-0.2, 0) is 9.53 Å². The van der Waals surface area contributed by atoms with Crippen LogP contribution in [0.4, 0.5) is 5.69 Å². The molecule has 0 bridgehead atoms. The molecule has 0 aromatic heterocycles. The monoisotopic (exact) mass is 535 g/mol. The minimum atomic E-state index is -0.860. The van der Waals surface area contributed by atoms with Gasteiger partial charge in [0.25, 0.3) is 0 Å². The third-order valence-electron chi connectivity index (χ3n) is 3.63. The van der Waals surface area contributed by atoms with Crippen LogP contribution in [0.1, 0.15) is 17.2 Å². The van der Waals surface area contributed by atoms with Crippen molar-refractivity contribution in [3.8, 4) is 5.75 Å². The highest BCUT2D eigenvalue weighted by molar-refractivity contribution is 9.11. The van der Waals surface area contributed by atoms with Gasteiger partial charge in [-0.3, -0.25) is 5.41 Å². The van der Waals surface area contributed by atoms with Crippen molar-refractivity contribution in [3.63, 3.8) is 0 Å². The molecule has 0 heterocycles. The predicted molar refractivity (Wildman–Crippen MR) is 118 cm³/mol. The third-order valence-corrected chi connectivity index (χ3v) is 4.68. The molecular formula is C18H20Br2ClN3O4. The quantitative estimate of drug-likeness (QED) is 0.232. The summed E-state index contributed by atoms with van der Waals surface area (Å²) in [5.41, 5.74) is 7.22. The second kappa shape index (κ2) is 11.3. The van der Waals surface area contributed by atoms with Crippen molar-refractivity contribution in [1.29, 1.82) is 5.41 Å². The number of nitrogens with one attached hydrogen (secondary N) is 2. The van der Waals surface area contributed by atoms with E-state index in [9.17, 15) is 4.79 Å². The molecule has 0 amide bonds. The number of anilines is 1. The number of hydrogen-bond donors (Lipinski definition) is 4. The van der Waals surface area contributed by atoms with Crippen molar-refractivity contribution < 1.29 is 19.4 Å². The fourth-order valence-electron chi connectivity index (χ4n) is 2.39. The average Bonchev–Trinajstić information content (AvgIpc) is 2.64. The summed E-state index contributed by atoms with van der Waals surface area (Å²) in [4.78, 5) is 12.5. The van der Waals surface area contributed by atoms with Gasteiger partial charge in [-0.1, -0.05) is 15.9 Å². The van der Waals surface area contributed by atoms with Crippen LogP contribution in [-0.4, -0.2) is 37.2 Å². The number of ether oxygens (including phenoxy) is 2. The first-order valence-corrected chi connectivity index (χ1v) is 9.47. The minimum absolute atomic E-state index is 0. The van der Waals surface area contributed by atoms with Crippen molar-refractivity contribution in [2.45, 2.75) is 6.04 Å². The molecule has 1 atom stereocenters. The Balaban J connectivity index is 0.00000392. The molecule has 28 heavy (non-hydrogen) atoms. The van der Waals surface area contributed by atoms with Crippen LogP contribution in [0.25, 0.3) is 0 Å². The molecule has 2 aromatic carbocycles. The highest BCUT2D eigenvalue weighted by Gasteiger charge is 2.27. The maximum Gasteiger partial charge on any atom is 0.333 e. The summed E-state index contributed by atoms with van der Waals surface area (Å²) >= 11 is 6.84. The Kier molecular flexibility index (Phi) is 9.74. The van der Waals surface area contributed by atoms with E-state index >= 15 is 0 Å². The fourth-order valence-corrected chi connectivity index (χ4v) is 3.76. The van der Waals surface area contributed by atoms with Crippen LogP contribution in [0.5, 0.6) is 5.75 Å². The topological polar surface area (TPSA) is 118 Å². The lowest BCUT2D eigenvalue weighted by Crippen LogP contribution is -2.23. The maximum absolute atomic E-state index is 12.5. The number of aliphatic hydroxyl groups is 1. The molecule has 1 unspecified atom stereocenters. The fraction of sp³-hybridized carbons (Fsp3) is 0.222. The Morgan fingerprint density at radius 3 is 2.46 bits per heavy atom. The number of esters is 1. The summed E-state index contributed by atoms with van der Waals surface area (Å²) in [5, 5.41) is 19.6. The SMILES string of the molecule is COC(=O)C(Nc1ccc(C(=N)N)cc1)c1cc(Br)cc(Br)c1OCCO.Cl. The molecule has 0 aliphatic heterocycles. The van der Waals surface area contributed by atoms with E-state index in [2.05, 4.69) is 37.2 Å². The number of aliphatic hydroxyl groups excluding tert-OH is 1. The molecule has 2 aromatic rings. The molecule has 0 spiro atoms. The van der Waals surface area contributed by atoms with Gasteiger partial charge in [-0.15, -0.1) is 12.4 Å². The van der Waals surface area contributed by atoms with E-state index < -0.39 is 12.0 Å². The second-order valence-electron chi connectivity index (χ2n) is 5.47. The summed E-state index contributed by atoms with van der Waals surface area (Å²) in [7, 11) is 1.30. The first-order valence-electron chi connectivity index (χ1n) is 7.88. The summed E-state index contributed by atoms with van der Waals surface area (Å²) < 4.78 is 11.9. The number of methoxy groups -OCH3 is 1. The van der Waals surface area contributed by atoms with Crippen LogP contribution in [0.3, 0.4) is 0 Å². The molecule has 152 valence electrons. The number of hydrogen-bond acceptors (Lipinski definition) is 6. The van der Waals surface area contributed by atoms with Gasteiger partial charge in [-0.2, -0.15) is 0 Å². The zero-order valence-corrected chi connectivity index (χ0v) is 18.9. The van der Waals surface area contributed by atoms with E-state index in [-0.39, 0.29) is 31.5 Å². The van der Waals surface area contributed by atoms with E-state index in [1.54, 1.807) is 36.4 Å². The van der Waals surface area contributed by atoms with E-state index in [0.717, 1.165) is 4.47 Å². The number of nitrogen functional groups attached to an aromatic ring is 1. The summed E-state index contributed by atoms with van der Waals surface area (Å²) in [6, 6.07) is 9.46. The van der Waals surface area contributed by atoms with Crippen LogP contribution in [0.2, 0.25) is 0 Å². The lowest BCUT2D eigenvalue weighted by molar-refractivity contribution is -0.141. The summed E-state index contributed by atoms with van der Waals surface area (Å²) in [6.45, 7) is -0.0841. The highest BCUT2D eigenvalue weighted by atomic mass is 79.9. The molecule has 10 heteroatoms. The van der Waals surface area contributed by atoms with Crippen molar-refractivity contribution >= 4 is 61.8 Å². The van der Waals surface area contributed by atoms with Crippen LogP contribution < -0.4 is 15.8 Å².